The van der Waals surface area contributed by atoms with Crippen molar-refractivity contribution in [3.8, 4) is 0 Å². The fraction of sp³-hybridized carbons (Fsp3) is 0.200. The first-order valence-corrected chi connectivity index (χ1v) is 7.63. The molecule has 0 aliphatic rings. The number of hydrogen-bond acceptors (Lipinski definition) is 5. The molecule has 0 fully saturated rings. The van der Waals surface area contributed by atoms with Crippen molar-refractivity contribution in [3.63, 3.8) is 0 Å². The second kappa shape index (κ2) is 7.56. The number of amides is 3. The van der Waals surface area contributed by atoms with Gasteiger partial charge in [-0.1, -0.05) is 36.0 Å². The van der Waals surface area contributed by atoms with E-state index in [1.807, 2.05) is 24.3 Å². The van der Waals surface area contributed by atoms with Crippen LogP contribution in [-0.4, -0.2) is 34.2 Å². The molecule has 0 spiro atoms. The minimum absolute atomic E-state index is 0.0992. The topological polar surface area (TPSA) is 84.0 Å². The lowest BCUT2D eigenvalue weighted by atomic mass is 10.2. The normalized spacial score (nSPS) is 10.2. The van der Waals surface area contributed by atoms with E-state index in [1.54, 1.807) is 6.92 Å². The molecule has 3 amide bonds. The molecule has 0 saturated carbocycles. The highest BCUT2D eigenvalue weighted by Crippen LogP contribution is 2.24. The van der Waals surface area contributed by atoms with Gasteiger partial charge in [0.05, 0.1) is 11.3 Å². The lowest BCUT2D eigenvalue weighted by molar-refractivity contribution is -0.117. The Balaban J connectivity index is 2.01. The third kappa shape index (κ3) is 4.29. The van der Waals surface area contributed by atoms with Gasteiger partial charge in [0.1, 0.15) is 10.9 Å². The third-order valence-corrected chi connectivity index (χ3v) is 3.67. The molecule has 22 heavy (non-hydrogen) atoms. The highest BCUT2D eigenvalue weighted by molar-refractivity contribution is 8.00. The number of nitrogens with zero attached hydrogens (tertiary/aromatic N) is 2. The van der Waals surface area contributed by atoms with Crippen LogP contribution in [0.3, 0.4) is 0 Å². The highest BCUT2D eigenvalue weighted by Gasteiger charge is 2.11. The maximum absolute atomic E-state index is 11.7. The maximum Gasteiger partial charge on any atom is 0.321 e. The van der Waals surface area contributed by atoms with Crippen LogP contribution in [0.1, 0.15) is 5.82 Å². The Morgan fingerprint density at radius 1 is 1.32 bits per heavy atom. The smallest absolute Gasteiger partial charge is 0.321 e. The second-order valence-corrected chi connectivity index (χ2v) is 5.39. The molecule has 7 heteroatoms. The van der Waals surface area contributed by atoms with Gasteiger partial charge in [-0.2, -0.15) is 0 Å². The Hall–Kier alpha value is -2.41. The van der Waals surface area contributed by atoms with Gasteiger partial charge < -0.3 is 5.32 Å². The first-order valence-electron chi connectivity index (χ1n) is 6.65. The number of hydrogen-bond donors (Lipinski definition) is 2. The van der Waals surface area contributed by atoms with Crippen LogP contribution in [0.4, 0.5) is 4.79 Å². The fourth-order valence-corrected chi connectivity index (χ4v) is 2.64. The van der Waals surface area contributed by atoms with Gasteiger partial charge in [-0.25, -0.2) is 14.8 Å². The molecule has 0 aliphatic carbocycles. The molecule has 0 radical (unpaired) electrons. The summed E-state index contributed by atoms with van der Waals surface area (Å²) in [6, 6.07) is 7.07. The number of rotatable bonds is 5. The Morgan fingerprint density at radius 3 is 2.86 bits per heavy atom. The van der Waals surface area contributed by atoms with Gasteiger partial charge in [0.25, 0.3) is 0 Å². The average Bonchev–Trinajstić information content (AvgIpc) is 2.50. The quantitative estimate of drug-likeness (QED) is 0.501. The van der Waals surface area contributed by atoms with Crippen LogP contribution in [0.25, 0.3) is 10.9 Å². The standard InChI is InChI=1S/C15H16N4O2S/c1-3-8-16-15(21)19-13(20)9-22-14-11-6-4-5-7-12(11)17-10(2)18-14/h3-7H,1,8-9H2,2H3,(H2,16,19,20,21). The summed E-state index contributed by atoms with van der Waals surface area (Å²) in [6.07, 6.45) is 1.54. The van der Waals surface area contributed by atoms with Gasteiger partial charge in [-0.05, 0) is 13.0 Å². The average molecular weight is 316 g/mol. The van der Waals surface area contributed by atoms with E-state index in [-0.39, 0.29) is 11.7 Å². The molecule has 2 N–H and O–H groups in total. The molecule has 2 aromatic rings. The summed E-state index contributed by atoms with van der Waals surface area (Å²) < 4.78 is 0. The minimum atomic E-state index is -0.533. The van der Waals surface area contributed by atoms with Crippen molar-refractivity contribution in [2.24, 2.45) is 0 Å². The van der Waals surface area contributed by atoms with E-state index in [1.165, 1.54) is 17.8 Å². The second-order valence-electron chi connectivity index (χ2n) is 4.43. The third-order valence-electron chi connectivity index (χ3n) is 2.68. The monoisotopic (exact) mass is 316 g/mol. The molecular weight excluding hydrogens is 300 g/mol. The molecule has 114 valence electrons. The van der Waals surface area contributed by atoms with Gasteiger partial charge in [0.15, 0.2) is 0 Å². The lowest BCUT2D eigenvalue weighted by Crippen LogP contribution is -2.40. The van der Waals surface area contributed by atoms with Crippen molar-refractivity contribution in [1.29, 1.82) is 0 Å². The van der Waals surface area contributed by atoms with Crippen molar-refractivity contribution >= 4 is 34.6 Å². The Labute approximate surface area is 132 Å². The molecular formula is C15H16N4O2S. The molecule has 0 aliphatic heterocycles. The number of fused-ring (bicyclic) bond motifs is 1. The van der Waals surface area contributed by atoms with Crippen molar-refractivity contribution in [2.45, 2.75) is 11.9 Å². The highest BCUT2D eigenvalue weighted by atomic mass is 32.2. The van der Waals surface area contributed by atoms with Crippen LogP contribution in [0.2, 0.25) is 0 Å². The minimum Gasteiger partial charge on any atom is -0.334 e. The summed E-state index contributed by atoms with van der Waals surface area (Å²) in [4.78, 5) is 31.8. The van der Waals surface area contributed by atoms with Crippen LogP contribution in [0, 0.1) is 6.92 Å². The molecule has 0 atom stereocenters. The first kappa shape index (κ1) is 16.0. The number of aromatic nitrogens is 2. The summed E-state index contributed by atoms with van der Waals surface area (Å²) >= 11 is 1.27. The van der Waals surface area contributed by atoms with E-state index < -0.39 is 6.03 Å². The molecule has 1 aromatic carbocycles. The number of aryl methyl sites for hydroxylation is 1. The van der Waals surface area contributed by atoms with Crippen molar-refractivity contribution in [2.75, 3.05) is 12.3 Å². The van der Waals surface area contributed by atoms with Gasteiger partial charge in [0, 0.05) is 11.9 Å². The maximum atomic E-state index is 11.7. The zero-order valence-corrected chi connectivity index (χ0v) is 12.9. The zero-order valence-electron chi connectivity index (χ0n) is 12.1. The zero-order chi connectivity index (χ0) is 15.9. The molecule has 0 unspecified atom stereocenters. The fourth-order valence-electron chi connectivity index (χ4n) is 1.77. The molecule has 0 saturated heterocycles. The molecule has 1 heterocycles. The predicted molar refractivity (Wildman–Crippen MR) is 86.7 cm³/mol. The summed E-state index contributed by atoms with van der Waals surface area (Å²) in [5, 5.41) is 6.34. The molecule has 0 bridgehead atoms. The van der Waals surface area contributed by atoms with E-state index in [2.05, 4.69) is 27.2 Å². The van der Waals surface area contributed by atoms with Crippen LogP contribution >= 0.6 is 11.8 Å². The molecule has 2 rings (SSSR count). The van der Waals surface area contributed by atoms with Gasteiger partial charge in [-0.15, -0.1) is 6.58 Å². The van der Waals surface area contributed by atoms with Crippen molar-refractivity contribution in [3.05, 3.63) is 42.7 Å². The number of nitrogens with one attached hydrogen (secondary N) is 2. The van der Waals surface area contributed by atoms with Crippen LogP contribution in [-0.2, 0) is 4.79 Å². The summed E-state index contributed by atoms with van der Waals surface area (Å²) in [6.45, 7) is 5.59. The van der Waals surface area contributed by atoms with E-state index in [4.69, 9.17) is 0 Å². The Morgan fingerprint density at radius 2 is 2.09 bits per heavy atom. The van der Waals surface area contributed by atoms with E-state index in [9.17, 15) is 9.59 Å². The van der Waals surface area contributed by atoms with E-state index in [0.717, 1.165) is 15.9 Å². The summed E-state index contributed by atoms with van der Waals surface area (Å²) in [7, 11) is 0. The molecule has 1 aromatic heterocycles. The van der Waals surface area contributed by atoms with Crippen molar-refractivity contribution < 1.29 is 9.59 Å². The summed E-state index contributed by atoms with van der Waals surface area (Å²) in [5.74, 6) is 0.360. The number of carbonyl (C=O) groups is 2. The Bertz CT molecular complexity index is 718. The molecule has 6 nitrogen and oxygen atoms in total. The van der Waals surface area contributed by atoms with Crippen LogP contribution in [0.15, 0.2) is 41.9 Å². The van der Waals surface area contributed by atoms with E-state index >= 15 is 0 Å². The van der Waals surface area contributed by atoms with Crippen LogP contribution < -0.4 is 10.6 Å². The number of para-hydroxylation sites is 1. The number of urea groups is 1. The number of thioether (sulfide) groups is 1. The SMILES string of the molecule is C=CCNC(=O)NC(=O)CSc1nc(C)nc2ccccc12. The number of imide groups is 1. The van der Waals surface area contributed by atoms with Gasteiger partial charge in [-0.3, -0.25) is 10.1 Å². The Kier molecular flexibility index (Phi) is 5.48. The largest absolute Gasteiger partial charge is 0.334 e. The lowest BCUT2D eigenvalue weighted by Gasteiger charge is -2.07. The number of carbonyl (C=O) groups excluding carboxylic acids is 2. The first-order chi connectivity index (χ1) is 10.6. The number of benzene rings is 1. The van der Waals surface area contributed by atoms with Gasteiger partial charge >= 0.3 is 6.03 Å². The van der Waals surface area contributed by atoms with Crippen molar-refractivity contribution in [1.82, 2.24) is 20.6 Å². The van der Waals surface area contributed by atoms with E-state index in [0.29, 0.717) is 12.4 Å². The van der Waals surface area contributed by atoms with Crippen LogP contribution in [0.5, 0.6) is 0 Å². The van der Waals surface area contributed by atoms with Gasteiger partial charge in [0.2, 0.25) is 5.91 Å². The predicted octanol–water partition coefficient (Wildman–Crippen LogP) is 2.04. The summed E-state index contributed by atoms with van der Waals surface area (Å²) in [5.41, 5.74) is 0.835.